The molecule has 1 saturated heterocycles. The predicted octanol–water partition coefficient (Wildman–Crippen LogP) is 2.20. The van der Waals surface area contributed by atoms with Crippen molar-refractivity contribution in [3.05, 3.63) is 0 Å². The molecule has 2 aliphatic rings. The van der Waals surface area contributed by atoms with Crippen LogP contribution in [0.2, 0.25) is 0 Å². The van der Waals surface area contributed by atoms with Crippen LogP contribution in [-0.4, -0.2) is 44.0 Å². The Morgan fingerprint density at radius 1 is 1.24 bits per heavy atom. The maximum Gasteiger partial charge on any atom is 0.227 e. The minimum absolute atomic E-state index is 0. The number of hydrogen-bond donors (Lipinski definition) is 2. The molecule has 0 unspecified atom stereocenters. The van der Waals surface area contributed by atoms with Crippen LogP contribution < -0.4 is 11.1 Å². The second kappa shape index (κ2) is 9.88. The highest BCUT2D eigenvalue weighted by atomic mass is 35.5. The molecule has 0 spiro atoms. The molecule has 126 valence electrons. The molecule has 0 aromatic heterocycles. The second-order valence-electron chi connectivity index (χ2n) is 6.48. The smallest absolute Gasteiger partial charge is 0.227 e. The highest BCUT2D eigenvalue weighted by molar-refractivity contribution is 5.85. The van der Waals surface area contributed by atoms with Gasteiger partial charge in [0.15, 0.2) is 0 Å². The standard InChI is InChI=1S/C15H29N3O.2ClH/c1-18-10-5-13(6-11-18)4-9-17-14(19)15(12-16)7-2-3-8-15;;/h13H,2-12,16H2,1H3,(H,17,19);2*1H. The normalized spacial score (nSPS) is 22.2. The van der Waals surface area contributed by atoms with Gasteiger partial charge in [0, 0.05) is 13.1 Å². The third-order valence-corrected chi connectivity index (χ3v) is 5.11. The summed E-state index contributed by atoms with van der Waals surface area (Å²) in [5, 5.41) is 3.14. The van der Waals surface area contributed by atoms with Gasteiger partial charge in [-0.25, -0.2) is 0 Å². The van der Waals surface area contributed by atoms with Gasteiger partial charge in [0.25, 0.3) is 0 Å². The summed E-state index contributed by atoms with van der Waals surface area (Å²) in [5.41, 5.74) is 5.59. The van der Waals surface area contributed by atoms with E-state index in [1.54, 1.807) is 0 Å². The van der Waals surface area contributed by atoms with E-state index in [2.05, 4.69) is 17.3 Å². The minimum atomic E-state index is -0.243. The molecule has 1 aliphatic heterocycles. The zero-order chi connectivity index (χ0) is 13.7. The van der Waals surface area contributed by atoms with Crippen molar-refractivity contribution in [1.29, 1.82) is 0 Å². The summed E-state index contributed by atoms with van der Waals surface area (Å²) in [6.07, 6.45) is 7.93. The van der Waals surface area contributed by atoms with Gasteiger partial charge in [-0.3, -0.25) is 4.79 Å². The number of nitrogens with one attached hydrogen (secondary N) is 1. The lowest BCUT2D eigenvalue weighted by Crippen LogP contribution is -2.44. The van der Waals surface area contributed by atoms with Gasteiger partial charge in [0.2, 0.25) is 5.91 Å². The van der Waals surface area contributed by atoms with E-state index in [1.165, 1.54) is 25.9 Å². The van der Waals surface area contributed by atoms with Crippen molar-refractivity contribution < 1.29 is 4.79 Å². The highest BCUT2D eigenvalue weighted by Crippen LogP contribution is 2.37. The summed E-state index contributed by atoms with van der Waals surface area (Å²) >= 11 is 0. The van der Waals surface area contributed by atoms with E-state index in [-0.39, 0.29) is 36.1 Å². The summed E-state index contributed by atoms with van der Waals surface area (Å²) in [5.74, 6) is 0.995. The van der Waals surface area contributed by atoms with E-state index in [4.69, 9.17) is 5.73 Å². The number of rotatable bonds is 5. The molecule has 21 heavy (non-hydrogen) atoms. The van der Waals surface area contributed by atoms with Crippen LogP contribution in [0.4, 0.5) is 0 Å². The number of halogens is 2. The lowest BCUT2D eigenvalue weighted by Gasteiger charge is -2.30. The SMILES string of the molecule is CN1CCC(CCNC(=O)C2(CN)CCCC2)CC1.Cl.Cl. The van der Waals surface area contributed by atoms with Crippen LogP contribution in [-0.2, 0) is 4.79 Å². The third kappa shape index (κ3) is 5.59. The summed E-state index contributed by atoms with van der Waals surface area (Å²) in [6, 6.07) is 0. The average molecular weight is 340 g/mol. The number of nitrogens with two attached hydrogens (primary N) is 1. The molecule has 2 fully saturated rings. The molecule has 1 aliphatic carbocycles. The van der Waals surface area contributed by atoms with Gasteiger partial charge in [-0.05, 0) is 58.2 Å². The first-order valence-electron chi connectivity index (χ1n) is 7.83. The third-order valence-electron chi connectivity index (χ3n) is 5.11. The van der Waals surface area contributed by atoms with Gasteiger partial charge in [-0.2, -0.15) is 0 Å². The molecule has 6 heteroatoms. The maximum absolute atomic E-state index is 12.3. The summed E-state index contributed by atoms with van der Waals surface area (Å²) in [6.45, 7) is 3.73. The van der Waals surface area contributed by atoms with E-state index >= 15 is 0 Å². The number of hydrogen-bond acceptors (Lipinski definition) is 3. The number of carbonyl (C=O) groups excluding carboxylic acids is 1. The second-order valence-corrected chi connectivity index (χ2v) is 6.48. The summed E-state index contributed by atoms with van der Waals surface area (Å²) < 4.78 is 0. The fourth-order valence-corrected chi connectivity index (χ4v) is 3.50. The molecule has 0 bridgehead atoms. The van der Waals surface area contributed by atoms with Crippen molar-refractivity contribution in [3.8, 4) is 0 Å². The Hall–Kier alpha value is -0.0300. The Bertz CT molecular complexity index is 301. The molecular formula is C15H31Cl2N3O. The van der Waals surface area contributed by atoms with Crippen LogP contribution in [0.1, 0.15) is 44.9 Å². The van der Waals surface area contributed by atoms with Gasteiger partial charge >= 0.3 is 0 Å². The summed E-state index contributed by atoms with van der Waals surface area (Å²) in [4.78, 5) is 14.7. The van der Waals surface area contributed by atoms with Crippen molar-refractivity contribution in [1.82, 2.24) is 10.2 Å². The molecule has 3 N–H and O–H groups in total. The Morgan fingerprint density at radius 3 is 2.33 bits per heavy atom. The van der Waals surface area contributed by atoms with Crippen molar-refractivity contribution in [2.24, 2.45) is 17.1 Å². The van der Waals surface area contributed by atoms with Crippen molar-refractivity contribution >= 4 is 30.7 Å². The fourth-order valence-electron chi connectivity index (χ4n) is 3.50. The van der Waals surface area contributed by atoms with Crippen LogP contribution in [0.15, 0.2) is 0 Å². The van der Waals surface area contributed by atoms with Crippen LogP contribution in [0, 0.1) is 11.3 Å². The van der Waals surface area contributed by atoms with Crippen LogP contribution in [0.25, 0.3) is 0 Å². The Kier molecular flexibility index (Phi) is 9.87. The number of likely N-dealkylation sites (tertiary alicyclic amines) is 1. The lowest BCUT2D eigenvalue weighted by atomic mass is 9.85. The van der Waals surface area contributed by atoms with Crippen molar-refractivity contribution in [3.63, 3.8) is 0 Å². The first kappa shape index (κ1) is 21.0. The van der Waals surface area contributed by atoms with Crippen LogP contribution >= 0.6 is 24.8 Å². The van der Waals surface area contributed by atoms with Gasteiger partial charge in [-0.1, -0.05) is 12.8 Å². The van der Waals surface area contributed by atoms with E-state index in [0.717, 1.165) is 44.6 Å². The average Bonchev–Trinajstić information content (AvgIpc) is 2.91. The van der Waals surface area contributed by atoms with E-state index in [1.807, 2.05) is 0 Å². The van der Waals surface area contributed by atoms with Crippen LogP contribution in [0.5, 0.6) is 0 Å². The van der Waals surface area contributed by atoms with Gasteiger partial charge in [0.05, 0.1) is 5.41 Å². The van der Waals surface area contributed by atoms with Crippen LogP contribution in [0.3, 0.4) is 0 Å². The molecule has 1 saturated carbocycles. The van der Waals surface area contributed by atoms with E-state index in [0.29, 0.717) is 6.54 Å². The topological polar surface area (TPSA) is 58.4 Å². The maximum atomic E-state index is 12.3. The molecule has 1 amide bonds. The van der Waals surface area contributed by atoms with Crippen molar-refractivity contribution in [2.75, 3.05) is 33.2 Å². The monoisotopic (exact) mass is 339 g/mol. The first-order chi connectivity index (χ1) is 9.16. The quantitative estimate of drug-likeness (QED) is 0.807. The first-order valence-corrected chi connectivity index (χ1v) is 7.83. The predicted molar refractivity (Wildman–Crippen MR) is 92.3 cm³/mol. The van der Waals surface area contributed by atoms with Gasteiger partial charge in [0.1, 0.15) is 0 Å². The molecule has 0 radical (unpaired) electrons. The molecule has 0 aromatic carbocycles. The summed E-state index contributed by atoms with van der Waals surface area (Å²) in [7, 11) is 2.18. The fraction of sp³-hybridized carbons (Fsp3) is 0.933. The zero-order valence-corrected chi connectivity index (χ0v) is 14.7. The Morgan fingerprint density at radius 2 is 1.81 bits per heavy atom. The number of piperidine rings is 1. The molecule has 0 atom stereocenters. The number of nitrogens with zero attached hydrogens (tertiary/aromatic N) is 1. The minimum Gasteiger partial charge on any atom is -0.356 e. The largest absolute Gasteiger partial charge is 0.356 e. The molecule has 2 rings (SSSR count). The molecule has 4 nitrogen and oxygen atoms in total. The molecular weight excluding hydrogens is 309 g/mol. The molecule has 1 heterocycles. The lowest BCUT2D eigenvalue weighted by molar-refractivity contribution is -0.130. The van der Waals surface area contributed by atoms with Gasteiger partial charge < -0.3 is 16.0 Å². The molecule has 0 aromatic rings. The number of amides is 1. The Balaban J connectivity index is 0.00000200. The van der Waals surface area contributed by atoms with E-state index < -0.39 is 0 Å². The van der Waals surface area contributed by atoms with Gasteiger partial charge in [-0.15, -0.1) is 24.8 Å². The highest BCUT2D eigenvalue weighted by Gasteiger charge is 2.39. The number of carbonyl (C=O) groups is 1. The Labute approximate surface area is 141 Å². The van der Waals surface area contributed by atoms with Crippen molar-refractivity contribution in [2.45, 2.75) is 44.9 Å². The van der Waals surface area contributed by atoms with E-state index in [9.17, 15) is 4.79 Å². The zero-order valence-electron chi connectivity index (χ0n) is 13.1.